The Hall–Kier alpha value is -0.830. The molecule has 0 aliphatic carbocycles. The average Bonchev–Trinajstić information content (AvgIpc) is 2.83. The molecule has 0 spiro atoms. The summed E-state index contributed by atoms with van der Waals surface area (Å²) in [6.07, 6.45) is 1.19. The van der Waals surface area contributed by atoms with Crippen molar-refractivity contribution < 1.29 is 0 Å². The molecular weight excluding hydrogens is 232 g/mol. The van der Waals surface area contributed by atoms with Crippen molar-refractivity contribution in [1.82, 2.24) is 10.3 Å². The molecule has 0 bridgehead atoms. The van der Waals surface area contributed by atoms with Crippen LogP contribution in [0, 0.1) is 17.2 Å². The van der Waals surface area contributed by atoms with Crippen LogP contribution in [0.25, 0.3) is 0 Å². The number of nitriles is 1. The molecule has 1 aliphatic heterocycles. The van der Waals surface area contributed by atoms with E-state index in [4.69, 9.17) is 16.9 Å². The molecule has 2 N–H and O–H groups in total. The maximum atomic E-state index is 8.71. The minimum atomic E-state index is 0.301. The summed E-state index contributed by atoms with van der Waals surface area (Å²) in [4.78, 5) is 4.55. The van der Waals surface area contributed by atoms with Crippen LogP contribution in [-0.4, -0.2) is 24.6 Å². The van der Waals surface area contributed by atoms with E-state index in [1.165, 1.54) is 17.8 Å². The van der Waals surface area contributed by atoms with Gasteiger partial charge in [0.25, 0.3) is 0 Å². The minimum Gasteiger partial charge on any atom is -0.361 e. The van der Waals surface area contributed by atoms with E-state index >= 15 is 0 Å². The lowest BCUT2D eigenvalue weighted by molar-refractivity contribution is 0.615. The Morgan fingerprint density at radius 1 is 1.73 bits per heavy atom. The zero-order chi connectivity index (χ0) is 10.7. The fraction of sp³-hybridized carbons (Fsp3) is 0.556. The topological polar surface area (TPSA) is 60.7 Å². The van der Waals surface area contributed by atoms with Crippen molar-refractivity contribution in [3.05, 3.63) is 10.0 Å². The number of anilines is 1. The van der Waals surface area contributed by atoms with E-state index in [1.807, 2.05) is 6.07 Å². The van der Waals surface area contributed by atoms with Crippen LogP contribution in [0.2, 0.25) is 5.15 Å². The van der Waals surface area contributed by atoms with Crippen LogP contribution >= 0.6 is 22.9 Å². The van der Waals surface area contributed by atoms with Gasteiger partial charge in [0.05, 0.1) is 0 Å². The molecule has 80 valence electrons. The predicted octanol–water partition coefficient (Wildman–Crippen LogP) is 1.69. The second kappa shape index (κ2) is 4.79. The van der Waals surface area contributed by atoms with Crippen LogP contribution < -0.4 is 10.6 Å². The molecule has 0 aromatic carbocycles. The Labute approximate surface area is 97.3 Å². The first-order valence-corrected chi connectivity index (χ1v) is 6.00. The van der Waals surface area contributed by atoms with Crippen LogP contribution in [0.15, 0.2) is 0 Å². The average molecular weight is 243 g/mol. The second-order valence-electron chi connectivity index (χ2n) is 3.49. The first kappa shape index (κ1) is 10.7. The molecule has 1 aliphatic rings. The maximum absolute atomic E-state index is 8.71. The van der Waals surface area contributed by atoms with Crippen LogP contribution in [0.5, 0.6) is 0 Å². The predicted molar refractivity (Wildman–Crippen MR) is 61.3 cm³/mol. The van der Waals surface area contributed by atoms with Gasteiger partial charge in [-0.2, -0.15) is 5.26 Å². The van der Waals surface area contributed by atoms with E-state index in [0.717, 1.165) is 24.8 Å². The number of nitrogens with zero attached hydrogens (tertiary/aromatic N) is 2. The lowest BCUT2D eigenvalue weighted by Crippen LogP contribution is -2.17. The van der Waals surface area contributed by atoms with Crippen molar-refractivity contribution >= 4 is 28.1 Å². The number of halogens is 1. The lowest BCUT2D eigenvalue weighted by Gasteiger charge is -2.07. The van der Waals surface area contributed by atoms with Gasteiger partial charge < -0.3 is 10.6 Å². The molecule has 0 saturated carbocycles. The molecule has 1 saturated heterocycles. The zero-order valence-corrected chi connectivity index (χ0v) is 9.66. The van der Waals surface area contributed by atoms with Crippen LogP contribution in [0.1, 0.15) is 11.3 Å². The Balaban J connectivity index is 1.90. The summed E-state index contributed by atoms with van der Waals surface area (Å²) < 4.78 is 0. The molecule has 15 heavy (non-hydrogen) atoms. The minimum absolute atomic E-state index is 0.301. The Morgan fingerprint density at radius 2 is 2.60 bits per heavy atom. The van der Waals surface area contributed by atoms with Gasteiger partial charge in [-0.25, -0.2) is 4.98 Å². The van der Waals surface area contributed by atoms with Gasteiger partial charge in [-0.15, -0.1) is 0 Å². The number of rotatable bonds is 3. The van der Waals surface area contributed by atoms with E-state index in [0.29, 0.717) is 15.9 Å². The lowest BCUT2D eigenvalue weighted by atomic mass is 10.1. The normalized spacial score (nSPS) is 20.1. The number of hydrogen-bond acceptors (Lipinski definition) is 5. The van der Waals surface area contributed by atoms with E-state index in [-0.39, 0.29) is 0 Å². The van der Waals surface area contributed by atoms with Gasteiger partial charge >= 0.3 is 0 Å². The van der Waals surface area contributed by atoms with Crippen LogP contribution in [-0.2, 0) is 0 Å². The van der Waals surface area contributed by atoms with Crippen molar-refractivity contribution in [1.29, 1.82) is 5.26 Å². The van der Waals surface area contributed by atoms with Crippen molar-refractivity contribution in [2.75, 3.05) is 25.0 Å². The summed E-state index contributed by atoms with van der Waals surface area (Å²) in [6, 6.07) is 2.02. The molecule has 0 amide bonds. The maximum Gasteiger partial charge on any atom is 0.185 e. The Kier molecular flexibility index (Phi) is 3.41. The van der Waals surface area contributed by atoms with Gasteiger partial charge in [0.2, 0.25) is 0 Å². The monoisotopic (exact) mass is 242 g/mol. The fourth-order valence-electron chi connectivity index (χ4n) is 1.57. The summed E-state index contributed by atoms with van der Waals surface area (Å²) >= 11 is 7.07. The summed E-state index contributed by atoms with van der Waals surface area (Å²) in [5.41, 5.74) is 0. The summed E-state index contributed by atoms with van der Waals surface area (Å²) in [5.74, 6) is 0.651. The molecule has 1 atom stereocenters. The third-order valence-corrected chi connectivity index (χ3v) is 3.69. The molecule has 2 rings (SSSR count). The third kappa shape index (κ3) is 2.59. The Morgan fingerprint density at radius 3 is 3.20 bits per heavy atom. The molecule has 1 unspecified atom stereocenters. The molecule has 2 heterocycles. The van der Waals surface area contributed by atoms with Gasteiger partial charge in [0.15, 0.2) is 10.3 Å². The highest BCUT2D eigenvalue weighted by atomic mass is 35.5. The van der Waals surface area contributed by atoms with Gasteiger partial charge in [0.1, 0.15) is 10.9 Å². The first-order valence-electron chi connectivity index (χ1n) is 4.80. The van der Waals surface area contributed by atoms with E-state index in [9.17, 15) is 0 Å². The summed E-state index contributed by atoms with van der Waals surface area (Å²) in [5, 5.41) is 16.3. The molecule has 1 aromatic heterocycles. The summed E-state index contributed by atoms with van der Waals surface area (Å²) in [6.45, 7) is 3.04. The highest BCUT2D eigenvalue weighted by molar-refractivity contribution is 7.16. The fourth-order valence-corrected chi connectivity index (χ4v) is 2.52. The van der Waals surface area contributed by atoms with Crippen LogP contribution in [0.3, 0.4) is 0 Å². The highest BCUT2D eigenvalue weighted by Gasteiger charge is 2.15. The molecule has 4 nitrogen and oxygen atoms in total. The SMILES string of the molecule is N#Cc1sc(NCC2CCNC2)nc1Cl. The van der Waals surface area contributed by atoms with E-state index < -0.39 is 0 Å². The number of thiazole rings is 1. The molecular formula is C9H11ClN4S. The van der Waals surface area contributed by atoms with Crippen LogP contribution in [0.4, 0.5) is 5.13 Å². The second-order valence-corrected chi connectivity index (χ2v) is 4.85. The Bertz CT molecular complexity index is 378. The van der Waals surface area contributed by atoms with Crippen molar-refractivity contribution in [2.24, 2.45) is 5.92 Å². The zero-order valence-electron chi connectivity index (χ0n) is 8.09. The first-order chi connectivity index (χ1) is 7.29. The van der Waals surface area contributed by atoms with Crippen molar-refractivity contribution in [3.8, 4) is 6.07 Å². The number of hydrogen-bond donors (Lipinski definition) is 2. The number of nitrogens with one attached hydrogen (secondary N) is 2. The van der Waals surface area contributed by atoms with Gasteiger partial charge in [-0.05, 0) is 25.4 Å². The molecule has 0 radical (unpaired) electrons. The smallest absolute Gasteiger partial charge is 0.185 e. The molecule has 6 heteroatoms. The highest BCUT2D eigenvalue weighted by Crippen LogP contribution is 2.26. The van der Waals surface area contributed by atoms with Gasteiger partial charge in [0, 0.05) is 6.54 Å². The standard InChI is InChI=1S/C9H11ClN4S/c10-8-7(3-11)15-9(14-8)13-5-6-1-2-12-4-6/h6,12H,1-2,4-5H2,(H,13,14). The largest absolute Gasteiger partial charge is 0.361 e. The molecule has 1 aromatic rings. The quantitative estimate of drug-likeness (QED) is 0.847. The van der Waals surface area contributed by atoms with E-state index in [1.54, 1.807) is 0 Å². The van der Waals surface area contributed by atoms with Gasteiger partial charge in [-0.3, -0.25) is 0 Å². The van der Waals surface area contributed by atoms with Gasteiger partial charge in [-0.1, -0.05) is 22.9 Å². The molecule has 1 fully saturated rings. The van der Waals surface area contributed by atoms with Crippen molar-refractivity contribution in [2.45, 2.75) is 6.42 Å². The third-order valence-electron chi connectivity index (χ3n) is 2.39. The number of aromatic nitrogens is 1. The van der Waals surface area contributed by atoms with E-state index in [2.05, 4.69) is 15.6 Å². The van der Waals surface area contributed by atoms with Crippen molar-refractivity contribution in [3.63, 3.8) is 0 Å². The summed E-state index contributed by atoms with van der Waals surface area (Å²) in [7, 11) is 0.